The topological polar surface area (TPSA) is 52.7 Å². The first-order chi connectivity index (χ1) is 11.0. The lowest BCUT2D eigenvalue weighted by Gasteiger charge is -2.39. The van der Waals surface area contributed by atoms with E-state index in [1.54, 1.807) is 13.8 Å². The van der Waals surface area contributed by atoms with E-state index >= 15 is 0 Å². The summed E-state index contributed by atoms with van der Waals surface area (Å²) >= 11 is 0. The van der Waals surface area contributed by atoms with Crippen molar-refractivity contribution < 1.29 is 9.59 Å². The minimum atomic E-state index is -1.01. The van der Waals surface area contributed by atoms with Crippen LogP contribution in [0.4, 0.5) is 5.69 Å². The van der Waals surface area contributed by atoms with Crippen LogP contribution in [-0.2, 0) is 9.59 Å². The molecule has 1 N–H and O–H groups in total. The van der Waals surface area contributed by atoms with E-state index in [0.717, 1.165) is 19.5 Å². The Kier molecular flexibility index (Phi) is 5.64. The summed E-state index contributed by atoms with van der Waals surface area (Å²) in [5, 5.41) is 2.83. The van der Waals surface area contributed by atoms with Crippen molar-refractivity contribution in [3.63, 3.8) is 0 Å². The molecule has 0 bridgehead atoms. The van der Waals surface area contributed by atoms with Gasteiger partial charge in [-0.25, -0.2) is 0 Å². The molecule has 126 valence electrons. The van der Waals surface area contributed by atoms with Crippen molar-refractivity contribution in [2.24, 2.45) is 5.41 Å². The number of hydrogen-bond donors (Lipinski definition) is 1. The summed E-state index contributed by atoms with van der Waals surface area (Å²) in [5.74, 6) is -0.270. The molecule has 0 saturated carbocycles. The highest BCUT2D eigenvalue weighted by Gasteiger charge is 2.39. The summed E-state index contributed by atoms with van der Waals surface area (Å²) in [6, 6.07) is 10.2. The van der Waals surface area contributed by atoms with Gasteiger partial charge in [-0.15, -0.1) is 0 Å². The van der Waals surface area contributed by atoms with Gasteiger partial charge in [0.2, 0.25) is 11.8 Å². The molecule has 1 fully saturated rings. The number of amides is 2. The normalized spacial score (nSPS) is 15.4. The van der Waals surface area contributed by atoms with Crippen molar-refractivity contribution in [3.05, 3.63) is 30.3 Å². The highest BCUT2D eigenvalue weighted by Crippen LogP contribution is 2.22. The molecule has 5 nitrogen and oxygen atoms in total. The van der Waals surface area contributed by atoms with Crippen LogP contribution in [0.1, 0.15) is 27.2 Å². The highest BCUT2D eigenvalue weighted by molar-refractivity contribution is 6.04. The first kappa shape index (κ1) is 17.3. The zero-order valence-electron chi connectivity index (χ0n) is 14.3. The number of piperazine rings is 1. The Bertz CT molecular complexity index is 534. The molecule has 1 heterocycles. The summed E-state index contributed by atoms with van der Waals surface area (Å²) < 4.78 is 0. The summed E-state index contributed by atoms with van der Waals surface area (Å²) in [4.78, 5) is 29.0. The molecule has 0 aliphatic carbocycles. The zero-order valence-corrected chi connectivity index (χ0v) is 14.3. The van der Waals surface area contributed by atoms with Gasteiger partial charge < -0.3 is 15.1 Å². The minimum Gasteiger partial charge on any atom is -0.368 e. The maximum Gasteiger partial charge on any atom is 0.237 e. The lowest BCUT2D eigenvalue weighted by molar-refractivity contribution is -0.148. The van der Waals surface area contributed by atoms with E-state index < -0.39 is 5.41 Å². The van der Waals surface area contributed by atoms with Crippen LogP contribution in [0.3, 0.4) is 0 Å². The molecule has 23 heavy (non-hydrogen) atoms. The maximum atomic E-state index is 12.7. The molecule has 1 aromatic rings. The molecule has 0 atom stereocenters. The number of rotatable bonds is 5. The van der Waals surface area contributed by atoms with Gasteiger partial charge in [0.1, 0.15) is 5.41 Å². The lowest BCUT2D eigenvalue weighted by Crippen LogP contribution is -2.55. The van der Waals surface area contributed by atoms with Crippen LogP contribution in [0.2, 0.25) is 0 Å². The van der Waals surface area contributed by atoms with Crippen LogP contribution >= 0.6 is 0 Å². The van der Waals surface area contributed by atoms with Crippen LogP contribution in [-0.4, -0.2) is 49.4 Å². The molecular formula is C18H27N3O2. The van der Waals surface area contributed by atoms with Crippen molar-refractivity contribution >= 4 is 17.5 Å². The minimum absolute atomic E-state index is 0.0844. The van der Waals surface area contributed by atoms with Gasteiger partial charge in [0.15, 0.2) is 0 Å². The quantitative estimate of drug-likeness (QED) is 0.844. The Morgan fingerprint density at radius 1 is 1.09 bits per heavy atom. The monoisotopic (exact) mass is 317 g/mol. The second kappa shape index (κ2) is 7.49. The van der Waals surface area contributed by atoms with E-state index in [9.17, 15) is 9.59 Å². The first-order valence-corrected chi connectivity index (χ1v) is 8.34. The molecule has 0 radical (unpaired) electrons. The molecule has 1 saturated heterocycles. The Morgan fingerprint density at radius 3 is 2.26 bits per heavy atom. The van der Waals surface area contributed by atoms with E-state index in [1.165, 1.54) is 5.69 Å². The van der Waals surface area contributed by atoms with E-state index in [-0.39, 0.29) is 11.8 Å². The molecule has 1 aromatic carbocycles. The van der Waals surface area contributed by atoms with Crippen LogP contribution < -0.4 is 10.2 Å². The molecule has 0 unspecified atom stereocenters. The van der Waals surface area contributed by atoms with Gasteiger partial charge in [0.25, 0.3) is 0 Å². The van der Waals surface area contributed by atoms with Crippen molar-refractivity contribution in [1.29, 1.82) is 0 Å². The first-order valence-electron chi connectivity index (χ1n) is 8.34. The molecule has 0 spiro atoms. The van der Waals surface area contributed by atoms with Crippen molar-refractivity contribution in [2.45, 2.75) is 27.2 Å². The smallest absolute Gasteiger partial charge is 0.237 e. The number of para-hydroxylation sites is 1. The summed E-state index contributed by atoms with van der Waals surface area (Å²) in [5.41, 5.74) is 0.170. The van der Waals surface area contributed by atoms with Gasteiger partial charge >= 0.3 is 0 Å². The predicted octanol–water partition coefficient (Wildman–Crippen LogP) is 1.89. The summed E-state index contributed by atoms with van der Waals surface area (Å²) in [6.45, 7) is 8.92. The fourth-order valence-corrected chi connectivity index (χ4v) is 2.76. The fraction of sp³-hybridized carbons (Fsp3) is 0.556. The van der Waals surface area contributed by atoms with Crippen molar-refractivity contribution in [2.75, 3.05) is 37.6 Å². The maximum absolute atomic E-state index is 12.7. The largest absolute Gasteiger partial charge is 0.368 e. The molecular weight excluding hydrogens is 290 g/mol. The number of benzene rings is 1. The zero-order chi connectivity index (χ0) is 16.9. The third kappa shape index (κ3) is 4.03. The van der Waals surface area contributed by atoms with Gasteiger partial charge in [-0.3, -0.25) is 9.59 Å². The molecule has 2 rings (SSSR count). The Hall–Kier alpha value is -2.04. The SMILES string of the molecule is CCCNC(=O)C(C)(C)C(=O)N1CCN(c2ccccc2)CC1. The fourth-order valence-electron chi connectivity index (χ4n) is 2.76. The van der Waals surface area contributed by atoms with E-state index in [0.29, 0.717) is 19.6 Å². The van der Waals surface area contributed by atoms with Crippen LogP contribution in [0.5, 0.6) is 0 Å². The van der Waals surface area contributed by atoms with Gasteiger partial charge in [-0.05, 0) is 32.4 Å². The highest BCUT2D eigenvalue weighted by atomic mass is 16.2. The Labute approximate surface area is 138 Å². The average molecular weight is 317 g/mol. The molecule has 0 aromatic heterocycles. The molecule has 1 aliphatic heterocycles. The Balaban J connectivity index is 1.93. The summed E-state index contributed by atoms with van der Waals surface area (Å²) in [6.07, 6.45) is 0.867. The second-order valence-electron chi connectivity index (χ2n) is 6.50. The number of carbonyl (C=O) groups excluding carboxylic acids is 2. The number of hydrogen-bond acceptors (Lipinski definition) is 3. The molecule has 1 aliphatic rings. The van der Waals surface area contributed by atoms with Gasteiger partial charge in [-0.2, -0.15) is 0 Å². The van der Waals surface area contributed by atoms with Crippen LogP contribution in [0, 0.1) is 5.41 Å². The van der Waals surface area contributed by atoms with Crippen molar-refractivity contribution in [3.8, 4) is 0 Å². The van der Waals surface area contributed by atoms with Crippen LogP contribution in [0.25, 0.3) is 0 Å². The van der Waals surface area contributed by atoms with E-state index in [1.807, 2.05) is 30.0 Å². The average Bonchev–Trinajstić information content (AvgIpc) is 2.59. The number of nitrogens with zero attached hydrogens (tertiary/aromatic N) is 2. The Morgan fingerprint density at radius 2 is 1.70 bits per heavy atom. The van der Waals surface area contributed by atoms with E-state index in [2.05, 4.69) is 22.3 Å². The molecule has 5 heteroatoms. The standard InChI is InChI=1S/C18H27N3O2/c1-4-10-19-16(22)18(2,3)17(23)21-13-11-20(12-14-21)15-8-6-5-7-9-15/h5-9H,4,10-14H2,1-3H3,(H,19,22). The lowest BCUT2D eigenvalue weighted by atomic mass is 9.90. The number of carbonyl (C=O) groups is 2. The van der Waals surface area contributed by atoms with Gasteiger partial charge in [0.05, 0.1) is 0 Å². The predicted molar refractivity (Wildman–Crippen MR) is 92.3 cm³/mol. The van der Waals surface area contributed by atoms with E-state index in [4.69, 9.17) is 0 Å². The van der Waals surface area contributed by atoms with Gasteiger partial charge in [0, 0.05) is 38.4 Å². The molecule has 2 amide bonds. The summed E-state index contributed by atoms with van der Waals surface area (Å²) in [7, 11) is 0. The third-order valence-corrected chi connectivity index (χ3v) is 4.33. The number of anilines is 1. The second-order valence-corrected chi connectivity index (χ2v) is 6.50. The third-order valence-electron chi connectivity index (χ3n) is 4.33. The van der Waals surface area contributed by atoms with Crippen LogP contribution in [0.15, 0.2) is 30.3 Å². The van der Waals surface area contributed by atoms with Gasteiger partial charge in [-0.1, -0.05) is 25.1 Å². The number of nitrogens with one attached hydrogen (secondary N) is 1. The van der Waals surface area contributed by atoms with Crippen molar-refractivity contribution in [1.82, 2.24) is 10.2 Å².